The normalized spacial score (nSPS) is 13.1. The van der Waals surface area contributed by atoms with Gasteiger partial charge in [0.15, 0.2) is 0 Å². The third kappa shape index (κ3) is 1.39. The van der Waals surface area contributed by atoms with Crippen LogP contribution in [0.5, 0.6) is 11.5 Å². The molecule has 4 heteroatoms. The molecule has 0 atom stereocenters. The van der Waals surface area contributed by atoms with Gasteiger partial charge in [-0.15, -0.1) is 0 Å². The Kier molecular flexibility index (Phi) is 1.86. The maximum atomic E-state index is 9.60. The van der Waals surface area contributed by atoms with Gasteiger partial charge in [-0.3, -0.25) is 0 Å². The molecule has 1 N–H and O–H groups in total. The first-order valence-electron chi connectivity index (χ1n) is 6.68. The molecular formula is C17H10O4. The Morgan fingerprint density at radius 3 is 2.90 bits per heavy atom. The summed E-state index contributed by atoms with van der Waals surface area (Å²) in [5.74, 6) is 1.76. The molecule has 0 fully saturated rings. The quantitative estimate of drug-likeness (QED) is 0.516. The largest absolute Gasteiger partial charge is 0.508 e. The van der Waals surface area contributed by atoms with Crippen molar-refractivity contribution in [1.82, 2.24) is 0 Å². The van der Waals surface area contributed by atoms with Gasteiger partial charge in [-0.1, -0.05) is 0 Å². The molecular weight excluding hydrogens is 268 g/mol. The summed E-state index contributed by atoms with van der Waals surface area (Å²) in [7, 11) is 0. The van der Waals surface area contributed by atoms with Gasteiger partial charge in [0.25, 0.3) is 0 Å². The highest BCUT2D eigenvalue weighted by atomic mass is 16.5. The fourth-order valence-electron chi connectivity index (χ4n) is 2.94. The lowest BCUT2D eigenvalue weighted by atomic mass is 10.0. The highest BCUT2D eigenvalue weighted by Gasteiger charge is 2.25. The number of benzene rings is 2. The lowest BCUT2D eigenvalue weighted by Gasteiger charge is -2.16. The van der Waals surface area contributed by atoms with Crippen LogP contribution < -0.4 is 4.74 Å². The molecule has 4 nitrogen and oxygen atoms in total. The average Bonchev–Trinajstić information content (AvgIpc) is 3.07. The summed E-state index contributed by atoms with van der Waals surface area (Å²) in [6.45, 7) is 0.451. The van der Waals surface area contributed by atoms with Gasteiger partial charge in [-0.05, 0) is 24.3 Å². The van der Waals surface area contributed by atoms with Crippen molar-refractivity contribution in [1.29, 1.82) is 0 Å². The molecule has 0 unspecified atom stereocenters. The number of hydrogen-bond donors (Lipinski definition) is 1. The lowest BCUT2D eigenvalue weighted by Crippen LogP contribution is -2.03. The van der Waals surface area contributed by atoms with Gasteiger partial charge >= 0.3 is 0 Å². The van der Waals surface area contributed by atoms with E-state index in [9.17, 15) is 5.11 Å². The van der Waals surface area contributed by atoms with E-state index in [-0.39, 0.29) is 5.75 Å². The predicted molar refractivity (Wildman–Crippen MR) is 77.4 cm³/mol. The van der Waals surface area contributed by atoms with Crippen molar-refractivity contribution in [2.24, 2.45) is 0 Å². The zero-order chi connectivity index (χ0) is 14.0. The minimum Gasteiger partial charge on any atom is -0.508 e. The van der Waals surface area contributed by atoms with Crippen LogP contribution in [0, 0.1) is 0 Å². The van der Waals surface area contributed by atoms with Crippen molar-refractivity contribution in [3.63, 3.8) is 0 Å². The number of phenols is 1. The van der Waals surface area contributed by atoms with E-state index < -0.39 is 0 Å². The van der Waals surface area contributed by atoms with Crippen LogP contribution in [0.3, 0.4) is 0 Å². The van der Waals surface area contributed by atoms with Gasteiger partial charge in [-0.2, -0.15) is 0 Å². The van der Waals surface area contributed by atoms with E-state index >= 15 is 0 Å². The molecule has 1 aliphatic rings. The second-order valence-electron chi connectivity index (χ2n) is 5.19. The Bertz CT molecular complexity index is 1010. The smallest absolute Gasteiger partial charge is 0.145 e. The molecule has 1 aliphatic heterocycles. The molecule has 0 saturated heterocycles. The third-order valence-corrected chi connectivity index (χ3v) is 3.95. The highest BCUT2D eigenvalue weighted by molar-refractivity contribution is 5.94. The van der Waals surface area contributed by atoms with Gasteiger partial charge in [0.2, 0.25) is 0 Å². The van der Waals surface area contributed by atoms with Crippen LogP contribution in [0.4, 0.5) is 0 Å². The summed E-state index contributed by atoms with van der Waals surface area (Å²) in [6.07, 6.45) is 1.66. The number of fused-ring (bicyclic) bond motifs is 6. The Balaban J connectivity index is 1.86. The number of aromatic hydroxyl groups is 1. The first-order chi connectivity index (χ1) is 10.3. The maximum absolute atomic E-state index is 9.60. The molecule has 4 aromatic rings. The van der Waals surface area contributed by atoms with E-state index in [1.165, 1.54) is 0 Å². The molecule has 102 valence electrons. The molecule has 0 aliphatic carbocycles. The molecule has 0 saturated carbocycles. The fraction of sp³-hybridized carbons (Fsp3) is 0.0588. The molecule has 0 amide bonds. The Morgan fingerprint density at radius 1 is 1.00 bits per heavy atom. The first-order valence-corrected chi connectivity index (χ1v) is 6.68. The second kappa shape index (κ2) is 3.61. The van der Waals surface area contributed by atoms with E-state index in [1.807, 2.05) is 24.3 Å². The molecule has 0 bridgehead atoms. The van der Waals surface area contributed by atoms with Gasteiger partial charge in [0.05, 0.1) is 11.8 Å². The van der Waals surface area contributed by atoms with Crippen LogP contribution in [-0.2, 0) is 6.61 Å². The van der Waals surface area contributed by atoms with Gasteiger partial charge in [0.1, 0.15) is 35.0 Å². The predicted octanol–water partition coefficient (Wildman–Crippen LogP) is 4.44. The Hall–Kier alpha value is -2.88. The lowest BCUT2D eigenvalue weighted by molar-refractivity contribution is 0.300. The van der Waals surface area contributed by atoms with Crippen molar-refractivity contribution < 1.29 is 18.7 Å². The zero-order valence-electron chi connectivity index (χ0n) is 10.9. The van der Waals surface area contributed by atoms with Crippen LogP contribution in [0.1, 0.15) is 5.56 Å². The molecule has 5 rings (SSSR count). The van der Waals surface area contributed by atoms with Crippen molar-refractivity contribution in [3.05, 3.63) is 48.2 Å². The van der Waals surface area contributed by atoms with E-state index in [4.69, 9.17) is 13.6 Å². The standard InChI is InChI=1S/C17H10O4/c18-10-1-2-11-13-8-20-15-7-14-9(3-4-19-14)5-12(15)17(13)21-16(11)6-10/h1-7,18H,8H2. The second-order valence-corrected chi connectivity index (χ2v) is 5.19. The average molecular weight is 278 g/mol. The Morgan fingerprint density at radius 2 is 1.95 bits per heavy atom. The summed E-state index contributed by atoms with van der Waals surface area (Å²) >= 11 is 0. The summed E-state index contributed by atoms with van der Waals surface area (Å²) in [5.41, 5.74) is 3.40. The number of ether oxygens (including phenoxy) is 1. The van der Waals surface area contributed by atoms with Crippen LogP contribution in [0.25, 0.3) is 33.3 Å². The third-order valence-electron chi connectivity index (χ3n) is 3.95. The molecule has 3 heterocycles. The Labute approximate surface area is 119 Å². The van der Waals surface area contributed by atoms with Gasteiger partial charge < -0.3 is 18.7 Å². The molecule has 0 radical (unpaired) electrons. The van der Waals surface area contributed by atoms with E-state index in [0.717, 1.165) is 39.0 Å². The summed E-state index contributed by atoms with van der Waals surface area (Å²) in [6, 6.07) is 11.0. The maximum Gasteiger partial charge on any atom is 0.145 e. The molecule has 2 aromatic heterocycles. The van der Waals surface area contributed by atoms with Crippen molar-refractivity contribution in [2.45, 2.75) is 6.61 Å². The highest BCUT2D eigenvalue weighted by Crippen LogP contribution is 2.44. The van der Waals surface area contributed by atoms with Crippen LogP contribution in [0.15, 0.2) is 51.5 Å². The number of furan rings is 2. The minimum atomic E-state index is 0.194. The van der Waals surface area contributed by atoms with Crippen molar-refractivity contribution in [2.75, 3.05) is 0 Å². The summed E-state index contributed by atoms with van der Waals surface area (Å²) in [4.78, 5) is 0. The number of phenolic OH excluding ortho intramolecular Hbond substituents is 1. The summed E-state index contributed by atoms with van der Waals surface area (Å²) < 4.78 is 17.2. The molecule has 0 spiro atoms. The monoisotopic (exact) mass is 278 g/mol. The number of hydrogen-bond acceptors (Lipinski definition) is 4. The zero-order valence-corrected chi connectivity index (χ0v) is 10.9. The van der Waals surface area contributed by atoms with Crippen molar-refractivity contribution >= 4 is 21.9 Å². The van der Waals surface area contributed by atoms with Gasteiger partial charge in [-0.25, -0.2) is 0 Å². The minimum absolute atomic E-state index is 0.194. The topological polar surface area (TPSA) is 55.7 Å². The van der Waals surface area contributed by atoms with Gasteiger partial charge in [0, 0.05) is 28.5 Å². The van der Waals surface area contributed by atoms with E-state index in [2.05, 4.69) is 0 Å². The SMILES string of the molecule is Oc1ccc2c3c(oc2c1)-c1cc2ccoc2cc1OC3. The number of rotatable bonds is 0. The van der Waals surface area contributed by atoms with Crippen LogP contribution in [-0.4, -0.2) is 5.11 Å². The first kappa shape index (κ1) is 10.9. The van der Waals surface area contributed by atoms with Crippen LogP contribution >= 0.6 is 0 Å². The van der Waals surface area contributed by atoms with Crippen LogP contribution in [0.2, 0.25) is 0 Å². The molecule has 21 heavy (non-hydrogen) atoms. The fourth-order valence-corrected chi connectivity index (χ4v) is 2.94. The van der Waals surface area contributed by atoms with E-state index in [0.29, 0.717) is 12.2 Å². The van der Waals surface area contributed by atoms with E-state index in [1.54, 1.807) is 18.4 Å². The summed E-state index contributed by atoms with van der Waals surface area (Å²) in [5, 5.41) is 11.6. The molecule has 2 aromatic carbocycles. The van der Waals surface area contributed by atoms with Crippen molar-refractivity contribution in [3.8, 4) is 22.8 Å².